The van der Waals surface area contributed by atoms with Crippen LogP contribution in [0.15, 0.2) is 82.2 Å². The molecule has 4 nitrogen and oxygen atoms in total. The molecule has 0 aliphatic carbocycles. The molecule has 4 rings (SSSR count). The number of halogens is 3. The Hall–Kier alpha value is -3.05. The average molecular weight is 472 g/mol. The van der Waals surface area contributed by atoms with E-state index in [4.69, 9.17) is 44.0 Å². The van der Waals surface area contributed by atoms with Gasteiger partial charge in [0.25, 0.3) is 0 Å². The van der Waals surface area contributed by atoms with Crippen LogP contribution in [-0.4, -0.2) is 5.97 Å². The molecule has 4 aromatic rings. The summed E-state index contributed by atoms with van der Waals surface area (Å²) in [5, 5.41) is 1.62. The molecule has 0 saturated heterocycles. The van der Waals surface area contributed by atoms with E-state index in [9.17, 15) is 9.59 Å². The first kappa shape index (κ1) is 21.2. The second-order valence-corrected chi connectivity index (χ2v) is 7.77. The minimum atomic E-state index is -0.597. The molecule has 0 amide bonds. The van der Waals surface area contributed by atoms with E-state index in [-0.39, 0.29) is 11.2 Å². The minimum absolute atomic E-state index is 0.230. The molecule has 0 atom stereocenters. The average Bonchev–Trinajstić information content (AvgIpc) is 2.75. The lowest BCUT2D eigenvalue weighted by Gasteiger charge is -2.06. The van der Waals surface area contributed by atoms with Gasteiger partial charge < -0.3 is 9.15 Å². The highest BCUT2D eigenvalue weighted by molar-refractivity contribution is 6.42. The van der Waals surface area contributed by atoms with Crippen LogP contribution in [0.2, 0.25) is 15.1 Å². The Balaban J connectivity index is 1.57. The lowest BCUT2D eigenvalue weighted by Crippen LogP contribution is -2.06. The van der Waals surface area contributed by atoms with E-state index in [2.05, 4.69) is 0 Å². The van der Waals surface area contributed by atoms with Crippen molar-refractivity contribution in [3.8, 4) is 16.9 Å². The van der Waals surface area contributed by atoms with Crippen molar-refractivity contribution in [1.29, 1.82) is 0 Å². The number of rotatable bonds is 4. The number of carbonyl (C=O) groups is 1. The first-order valence-electron chi connectivity index (χ1n) is 9.08. The molecule has 1 aromatic heterocycles. The Morgan fingerprint density at radius 1 is 0.871 bits per heavy atom. The fourth-order valence-electron chi connectivity index (χ4n) is 2.97. The van der Waals surface area contributed by atoms with Crippen LogP contribution in [0, 0.1) is 0 Å². The van der Waals surface area contributed by atoms with Crippen LogP contribution >= 0.6 is 34.8 Å². The number of fused-ring (bicyclic) bond motifs is 1. The topological polar surface area (TPSA) is 56.5 Å². The minimum Gasteiger partial charge on any atom is -0.463 e. The van der Waals surface area contributed by atoms with Crippen LogP contribution in [0.1, 0.15) is 5.56 Å². The SMILES string of the molecule is O=C(C=Cc1ccc(Cl)c(Cl)c1)Oc1ccc2c(=O)c(-c3ccccc3Cl)coc2c1. The maximum atomic E-state index is 12.9. The van der Waals surface area contributed by atoms with Gasteiger partial charge in [0.2, 0.25) is 5.43 Å². The van der Waals surface area contributed by atoms with Crippen molar-refractivity contribution >= 4 is 57.8 Å². The number of esters is 1. The third-order valence-electron chi connectivity index (χ3n) is 4.48. The molecule has 0 unspecified atom stereocenters. The Morgan fingerprint density at radius 3 is 2.45 bits per heavy atom. The number of carbonyl (C=O) groups excluding carboxylic acids is 1. The molecule has 154 valence electrons. The Kier molecular flexibility index (Phi) is 6.14. The Labute approximate surface area is 192 Å². The van der Waals surface area contributed by atoms with Crippen molar-refractivity contribution < 1.29 is 13.9 Å². The monoisotopic (exact) mass is 470 g/mol. The van der Waals surface area contributed by atoms with Crippen molar-refractivity contribution in [2.75, 3.05) is 0 Å². The van der Waals surface area contributed by atoms with Crippen LogP contribution in [0.5, 0.6) is 5.75 Å². The van der Waals surface area contributed by atoms with Crippen LogP contribution in [0.25, 0.3) is 28.2 Å². The molecule has 0 saturated carbocycles. The molecule has 0 radical (unpaired) electrons. The van der Waals surface area contributed by atoms with Crippen LogP contribution in [0.4, 0.5) is 0 Å². The molecule has 31 heavy (non-hydrogen) atoms. The summed E-state index contributed by atoms with van der Waals surface area (Å²) >= 11 is 18.0. The van der Waals surface area contributed by atoms with Crippen LogP contribution in [0.3, 0.4) is 0 Å². The van der Waals surface area contributed by atoms with Crippen molar-refractivity contribution in [1.82, 2.24) is 0 Å². The van der Waals surface area contributed by atoms with Gasteiger partial charge in [-0.3, -0.25) is 4.79 Å². The van der Waals surface area contributed by atoms with Gasteiger partial charge in [0.05, 0.1) is 21.0 Å². The van der Waals surface area contributed by atoms with Crippen molar-refractivity contribution in [3.05, 3.63) is 104 Å². The number of benzene rings is 3. The normalized spacial score (nSPS) is 11.2. The summed E-state index contributed by atoms with van der Waals surface area (Å²) in [5.41, 5.74) is 1.70. The molecule has 0 N–H and O–H groups in total. The quantitative estimate of drug-likeness (QED) is 0.182. The standard InChI is InChI=1S/C24H13Cl3O4/c25-19-4-2-1-3-16(19)18-13-30-22-12-15(7-8-17(22)24(18)29)31-23(28)10-6-14-5-9-20(26)21(27)11-14/h1-13H. The third-order valence-corrected chi connectivity index (χ3v) is 5.55. The molecule has 0 fully saturated rings. The zero-order valence-corrected chi connectivity index (χ0v) is 18.0. The Bertz CT molecular complexity index is 1390. The third kappa shape index (κ3) is 4.67. The lowest BCUT2D eigenvalue weighted by molar-refractivity contribution is -0.128. The van der Waals surface area contributed by atoms with E-state index in [0.717, 1.165) is 0 Å². The fourth-order valence-corrected chi connectivity index (χ4v) is 3.51. The molecule has 0 aliphatic rings. The van der Waals surface area contributed by atoms with E-state index in [1.165, 1.54) is 24.5 Å². The van der Waals surface area contributed by atoms with Crippen molar-refractivity contribution in [2.24, 2.45) is 0 Å². The summed E-state index contributed by atoms with van der Waals surface area (Å²) in [4.78, 5) is 25.0. The maximum Gasteiger partial charge on any atom is 0.336 e. The molecular formula is C24H13Cl3O4. The van der Waals surface area contributed by atoms with E-state index >= 15 is 0 Å². The van der Waals surface area contributed by atoms with E-state index in [1.54, 1.807) is 54.6 Å². The Morgan fingerprint density at radius 2 is 1.68 bits per heavy atom. The summed E-state index contributed by atoms with van der Waals surface area (Å²) in [7, 11) is 0. The highest BCUT2D eigenvalue weighted by atomic mass is 35.5. The van der Waals surface area contributed by atoms with Crippen molar-refractivity contribution in [3.63, 3.8) is 0 Å². The molecule has 0 bridgehead atoms. The molecule has 3 aromatic carbocycles. The number of ether oxygens (including phenoxy) is 1. The van der Waals surface area contributed by atoms with Crippen LogP contribution in [-0.2, 0) is 4.79 Å². The van der Waals surface area contributed by atoms with Gasteiger partial charge in [0.15, 0.2) is 0 Å². The molecular weight excluding hydrogens is 459 g/mol. The summed E-state index contributed by atoms with van der Waals surface area (Å²) in [6, 6.07) is 16.6. The second kappa shape index (κ2) is 8.98. The first-order chi connectivity index (χ1) is 14.9. The first-order valence-corrected chi connectivity index (χ1v) is 10.2. The van der Waals surface area contributed by atoms with E-state index < -0.39 is 5.97 Å². The summed E-state index contributed by atoms with van der Waals surface area (Å²) in [6.45, 7) is 0. The highest BCUT2D eigenvalue weighted by Gasteiger charge is 2.13. The van der Waals surface area contributed by atoms with E-state index in [1.807, 2.05) is 0 Å². The zero-order valence-electron chi connectivity index (χ0n) is 15.8. The van der Waals surface area contributed by atoms with Gasteiger partial charge >= 0.3 is 5.97 Å². The highest BCUT2D eigenvalue weighted by Crippen LogP contribution is 2.28. The van der Waals surface area contributed by atoms with Gasteiger partial charge in [-0.15, -0.1) is 0 Å². The van der Waals surface area contributed by atoms with Crippen molar-refractivity contribution in [2.45, 2.75) is 0 Å². The largest absolute Gasteiger partial charge is 0.463 e. The number of hydrogen-bond donors (Lipinski definition) is 0. The predicted octanol–water partition coefficient (Wildman–Crippen LogP) is 7.04. The molecule has 7 heteroatoms. The van der Waals surface area contributed by atoms with Gasteiger partial charge in [-0.05, 0) is 42.0 Å². The molecule has 0 spiro atoms. The zero-order chi connectivity index (χ0) is 22.0. The smallest absolute Gasteiger partial charge is 0.336 e. The maximum absolute atomic E-state index is 12.9. The molecule has 0 aliphatic heterocycles. The van der Waals surface area contributed by atoms with Gasteiger partial charge in [0, 0.05) is 22.7 Å². The summed E-state index contributed by atoms with van der Waals surface area (Å²) in [5.74, 6) is -0.356. The van der Waals surface area contributed by atoms with E-state index in [0.29, 0.717) is 42.7 Å². The second-order valence-electron chi connectivity index (χ2n) is 6.54. The summed E-state index contributed by atoms with van der Waals surface area (Å²) in [6.07, 6.45) is 4.17. The number of hydrogen-bond acceptors (Lipinski definition) is 4. The van der Waals surface area contributed by atoms with Gasteiger partial charge in [-0.2, -0.15) is 0 Å². The van der Waals surface area contributed by atoms with Gasteiger partial charge in [-0.1, -0.05) is 59.1 Å². The fraction of sp³-hybridized carbons (Fsp3) is 0. The summed E-state index contributed by atoms with van der Waals surface area (Å²) < 4.78 is 10.9. The predicted molar refractivity (Wildman–Crippen MR) is 124 cm³/mol. The van der Waals surface area contributed by atoms with Gasteiger partial charge in [0.1, 0.15) is 17.6 Å². The van der Waals surface area contributed by atoms with Gasteiger partial charge in [-0.25, -0.2) is 4.79 Å². The molecule has 1 heterocycles. The van der Waals surface area contributed by atoms with Crippen LogP contribution < -0.4 is 10.2 Å². The lowest BCUT2D eigenvalue weighted by atomic mass is 10.1.